The van der Waals surface area contributed by atoms with Crippen LogP contribution in [0.5, 0.6) is 5.75 Å². The van der Waals surface area contributed by atoms with E-state index < -0.39 is 0 Å². The monoisotopic (exact) mass is 339 g/mol. The molecular weight excluding hydrogens is 314 g/mol. The summed E-state index contributed by atoms with van der Waals surface area (Å²) < 4.78 is 6.63. The van der Waals surface area contributed by atoms with Gasteiger partial charge in [0.05, 0.1) is 7.11 Å². The molecule has 0 bridgehead atoms. The topological polar surface area (TPSA) is 35.2 Å². The van der Waals surface area contributed by atoms with Crippen LogP contribution in [0.3, 0.4) is 0 Å². The fourth-order valence-electron chi connectivity index (χ4n) is 3.53. The van der Waals surface area contributed by atoms with Gasteiger partial charge in [-0.1, -0.05) is 29.8 Å². The van der Waals surface area contributed by atoms with E-state index in [4.69, 9.17) is 10.5 Å². The highest BCUT2D eigenvalue weighted by Gasteiger charge is 2.34. The second-order valence-electron chi connectivity index (χ2n) is 6.82. The number of nitrogens with two attached hydrogens (primary N) is 1. The molecule has 20 heavy (non-hydrogen) atoms. The van der Waals surface area contributed by atoms with Crippen LogP contribution in [0.2, 0.25) is 0 Å². The molecule has 1 fully saturated rings. The van der Waals surface area contributed by atoms with Crippen LogP contribution < -0.4 is 10.5 Å². The summed E-state index contributed by atoms with van der Waals surface area (Å²) >= 11 is 3.56. The Hall–Kier alpha value is -0.540. The molecule has 1 aromatic carbocycles. The Morgan fingerprint density at radius 3 is 2.75 bits per heavy atom. The van der Waals surface area contributed by atoms with Crippen molar-refractivity contribution in [2.75, 3.05) is 13.7 Å². The summed E-state index contributed by atoms with van der Waals surface area (Å²) in [5, 5.41) is 0. The Morgan fingerprint density at radius 1 is 1.35 bits per heavy atom. The van der Waals surface area contributed by atoms with Gasteiger partial charge in [0, 0.05) is 4.47 Å². The Labute approximate surface area is 131 Å². The van der Waals surface area contributed by atoms with Gasteiger partial charge in [0.1, 0.15) is 5.75 Å². The summed E-state index contributed by atoms with van der Waals surface area (Å²) in [6.07, 6.45) is 4.86. The third-order valence-corrected chi connectivity index (χ3v) is 5.19. The van der Waals surface area contributed by atoms with Crippen molar-refractivity contribution in [1.82, 2.24) is 0 Å². The van der Waals surface area contributed by atoms with Crippen molar-refractivity contribution in [3.8, 4) is 5.75 Å². The zero-order valence-corrected chi connectivity index (χ0v) is 14.4. The van der Waals surface area contributed by atoms with Crippen molar-refractivity contribution >= 4 is 15.9 Å². The highest BCUT2D eigenvalue weighted by Crippen LogP contribution is 2.43. The second kappa shape index (κ2) is 6.48. The van der Waals surface area contributed by atoms with Crippen molar-refractivity contribution in [1.29, 1.82) is 0 Å². The Balaban J connectivity index is 2.20. The number of benzene rings is 1. The van der Waals surface area contributed by atoms with E-state index in [0.29, 0.717) is 17.3 Å². The summed E-state index contributed by atoms with van der Waals surface area (Å²) in [5.74, 6) is 2.30. The van der Waals surface area contributed by atoms with E-state index >= 15 is 0 Å². The third-order valence-electron chi connectivity index (χ3n) is 4.70. The molecule has 0 radical (unpaired) electrons. The first-order valence-corrected chi connectivity index (χ1v) is 8.27. The largest absolute Gasteiger partial charge is 0.496 e. The van der Waals surface area contributed by atoms with Crippen molar-refractivity contribution in [2.24, 2.45) is 23.0 Å². The fraction of sp³-hybridized carbons (Fsp3) is 0.647. The van der Waals surface area contributed by atoms with Gasteiger partial charge >= 0.3 is 0 Å². The number of hydrogen-bond acceptors (Lipinski definition) is 2. The Bertz CT molecular complexity index is 458. The molecule has 2 nitrogen and oxygen atoms in total. The quantitative estimate of drug-likeness (QED) is 0.882. The predicted octanol–water partition coefficient (Wildman–Crippen LogP) is 4.40. The Morgan fingerprint density at radius 2 is 2.10 bits per heavy atom. The maximum atomic E-state index is 6.00. The van der Waals surface area contributed by atoms with Crippen molar-refractivity contribution in [3.63, 3.8) is 0 Å². The van der Waals surface area contributed by atoms with Gasteiger partial charge in [-0.15, -0.1) is 0 Å². The van der Waals surface area contributed by atoms with E-state index in [9.17, 15) is 0 Å². The first-order chi connectivity index (χ1) is 9.45. The molecular formula is C17H26BrNO. The van der Waals surface area contributed by atoms with Gasteiger partial charge in [-0.3, -0.25) is 0 Å². The number of methoxy groups -OCH3 is 1. The molecule has 112 valence electrons. The zero-order valence-electron chi connectivity index (χ0n) is 12.8. The standard InChI is InChI=1S/C17H26BrNO/c1-17(2)7-6-12(11-19)14(10-17)8-13-9-15(18)4-5-16(13)20-3/h4-5,9,12,14H,6-8,10-11,19H2,1-3H3. The van der Waals surface area contributed by atoms with Crippen LogP contribution >= 0.6 is 15.9 Å². The van der Waals surface area contributed by atoms with E-state index in [0.717, 1.165) is 23.2 Å². The summed E-state index contributed by atoms with van der Waals surface area (Å²) in [6.45, 7) is 5.56. The van der Waals surface area contributed by atoms with Crippen LogP contribution in [-0.4, -0.2) is 13.7 Å². The molecule has 3 heteroatoms. The lowest BCUT2D eigenvalue weighted by Crippen LogP contribution is -2.35. The smallest absolute Gasteiger partial charge is 0.122 e. The molecule has 2 rings (SSSR count). The summed E-state index contributed by atoms with van der Waals surface area (Å²) in [5.41, 5.74) is 7.73. The minimum Gasteiger partial charge on any atom is -0.496 e. The molecule has 1 saturated carbocycles. The van der Waals surface area contributed by atoms with Gasteiger partial charge in [0.15, 0.2) is 0 Å². The van der Waals surface area contributed by atoms with Crippen molar-refractivity contribution in [3.05, 3.63) is 28.2 Å². The molecule has 2 unspecified atom stereocenters. The van der Waals surface area contributed by atoms with Gasteiger partial charge in [0.2, 0.25) is 0 Å². The van der Waals surface area contributed by atoms with E-state index in [1.54, 1.807) is 7.11 Å². The maximum absolute atomic E-state index is 6.00. The number of ether oxygens (including phenoxy) is 1. The van der Waals surface area contributed by atoms with Gasteiger partial charge < -0.3 is 10.5 Å². The lowest BCUT2D eigenvalue weighted by Gasteiger charge is -2.40. The van der Waals surface area contributed by atoms with Crippen LogP contribution in [0.4, 0.5) is 0 Å². The third kappa shape index (κ3) is 3.76. The Kier molecular flexibility index (Phi) is 5.14. The zero-order chi connectivity index (χ0) is 14.8. The van der Waals surface area contributed by atoms with Crippen LogP contribution in [0.1, 0.15) is 38.7 Å². The molecule has 1 aromatic rings. The van der Waals surface area contributed by atoms with E-state index in [1.807, 2.05) is 12.1 Å². The predicted molar refractivity (Wildman–Crippen MR) is 88.1 cm³/mol. The van der Waals surface area contributed by atoms with Gasteiger partial charge in [-0.2, -0.15) is 0 Å². The number of rotatable bonds is 4. The van der Waals surface area contributed by atoms with Crippen LogP contribution in [0.15, 0.2) is 22.7 Å². The molecule has 0 amide bonds. The number of hydrogen-bond donors (Lipinski definition) is 1. The second-order valence-corrected chi connectivity index (χ2v) is 7.74. The summed E-state index contributed by atoms with van der Waals surface area (Å²) in [6, 6.07) is 6.27. The SMILES string of the molecule is COc1ccc(Br)cc1CC1CC(C)(C)CCC1CN. The van der Waals surface area contributed by atoms with Crippen molar-refractivity contribution < 1.29 is 4.74 Å². The molecule has 0 spiro atoms. The highest BCUT2D eigenvalue weighted by molar-refractivity contribution is 9.10. The first kappa shape index (κ1) is 15.8. The highest BCUT2D eigenvalue weighted by atomic mass is 79.9. The minimum absolute atomic E-state index is 0.440. The number of halogens is 1. The van der Waals surface area contributed by atoms with Crippen LogP contribution in [-0.2, 0) is 6.42 Å². The lowest BCUT2D eigenvalue weighted by molar-refractivity contribution is 0.121. The van der Waals surface area contributed by atoms with Gasteiger partial charge in [0.25, 0.3) is 0 Å². The van der Waals surface area contributed by atoms with E-state index in [2.05, 4.69) is 35.8 Å². The molecule has 1 aliphatic carbocycles. The summed E-state index contributed by atoms with van der Waals surface area (Å²) in [4.78, 5) is 0. The van der Waals surface area contributed by atoms with E-state index in [-0.39, 0.29) is 0 Å². The molecule has 0 heterocycles. The van der Waals surface area contributed by atoms with Crippen LogP contribution in [0.25, 0.3) is 0 Å². The molecule has 2 atom stereocenters. The maximum Gasteiger partial charge on any atom is 0.122 e. The van der Waals surface area contributed by atoms with Gasteiger partial charge in [-0.25, -0.2) is 0 Å². The molecule has 0 aromatic heterocycles. The van der Waals surface area contributed by atoms with E-state index in [1.165, 1.54) is 24.8 Å². The molecule has 2 N–H and O–H groups in total. The van der Waals surface area contributed by atoms with Gasteiger partial charge in [-0.05, 0) is 73.2 Å². The average molecular weight is 340 g/mol. The molecule has 0 saturated heterocycles. The molecule has 0 aliphatic heterocycles. The molecule has 1 aliphatic rings. The fourth-order valence-corrected chi connectivity index (χ4v) is 3.94. The average Bonchev–Trinajstić information content (AvgIpc) is 2.38. The van der Waals surface area contributed by atoms with Crippen molar-refractivity contribution in [2.45, 2.75) is 39.5 Å². The normalized spacial score (nSPS) is 25.4. The minimum atomic E-state index is 0.440. The first-order valence-electron chi connectivity index (χ1n) is 7.47. The lowest BCUT2D eigenvalue weighted by atomic mass is 9.65. The van der Waals surface area contributed by atoms with Crippen LogP contribution in [0, 0.1) is 17.3 Å². The summed E-state index contributed by atoms with van der Waals surface area (Å²) in [7, 11) is 1.75.